The normalized spacial score (nSPS) is 14.8. The van der Waals surface area contributed by atoms with Crippen LogP contribution in [0.3, 0.4) is 0 Å². The average molecular weight is 280 g/mol. The number of carbonyl (C=O) groups is 3. The van der Waals surface area contributed by atoms with Crippen LogP contribution in [0.2, 0.25) is 5.02 Å². The Morgan fingerprint density at radius 1 is 1.37 bits per heavy atom. The number of amides is 2. The predicted molar refractivity (Wildman–Crippen MR) is 68.5 cm³/mol. The van der Waals surface area contributed by atoms with Crippen LogP contribution in [0.1, 0.15) is 11.1 Å². The number of benzene rings is 1. The number of aryl methyl sites for hydroxylation is 1. The monoisotopic (exact) mass is 279 g/mol. The Morgan fingerprint density at radius 3 is 2.63 bits per heavy atom. The molecule has 0 fully saturated rings. The van der Waals surface area contributed by atoms with Gasteiger partial charge in [0.15, 0.2) is 0 Å². The first-order chi connectivity index (χ1) is 8.90. The molecular weight excluding hydrogens is 270 g/mol. The summed E-state index contributed by atoms with van der Waals surface area (Å²) >= 11 is 5.83. The van der Waals surface area contributed by atoms with E-state index >= 15 is 0 Å². The Hall–Kier alpha value is -2.14. The number of aliphatic carboxylic acids is 1. The topological polar surface area (TPSA) is 74.7 Å². The molecule has 0 aromatic heterocycles. The summed E-state index contributed by atoms with van der Waals surface area (Å²) in [5.74, 6) is -2.45. The van der Waals surface area contributed by atoms with Crippen LogP contribution in [0.25, 0.3) is 5.57 Å². The third kappa shape index (κ3) is 2.51. The molecule has 0 unspecified atom stereocenters. The van der Waals surface area contributed by atoms with Crippen molar-refractivity contribution in [3.63, 3.8) is 0 Å². The van der Waals surface area contributed by atoms with Gasteiger partial charge in [-0.2, -0.15) is 0 Å². The smallest absolute Gasteiger partial charge is 0.323 e. The van der Waals surface area contributed by atoms with E-state index in [4.69, 9.17) is 16.7 Å². The molecule has 1 aromatic carbocycles. The van der Waals surface area contributed by atoms with Gasteiger partial charge in [0.2, 0.25) is 0 Å². The van der Waals surface area contributed by atoms with Crippen molar-refractivity contribution in [1.82, 2.24) is 4.90 Å². The number of hydrogen-bond donors (Lipinski definition) is 1. The largest absolute Gasteiger partial charge is 0.480 e. The lowest BCUT2D eigenvalue weighted by atomic mass is 10.0. The quantitative estimate of drug-likeness (QED) is 0.851. The highest BCUT2D eigenvalue weighted by Gasteiger charge is 2.33. The molecule has 19 heavy (non-hydrogen) atoms. The maximum Gasteiger partial charge on any atom is 0.323 e. The second-order valence-electron chi connectivity index (χ2n) is 4.14. The SMILES string of the molecule is Cc1cc(Cl)ccc1C1=CC(=O)N(CC(=O)O)C1=O. The molecule has 0 atom stereocenters. The molecule has 1 N–H and O–H groups in total. The van der Waals surface area contributed by atoms with E-state index in [2.05, 4.69) is 0 Å². The predicted octanol–water partition coefficient (Wildman–Crippen LogP) is 1.49. The summed E-state index contributed by atoms with van der Waals surface area (Å²) < 4.78 is 0. The molecule has 6 heteroatoms. The first-order valence-corrected chi connectivity index (χ1v) is 5.84. The van der Waals surface area contributed by atoms with Crippen molar-refractivity contribution in [2.45, 2.75) is 6.92 Å². The number of halogens is 1. The summed E-state index contributed by atoms with van der Waals surface area (Å²) in [4.78, 5) is 35.0. The van der Waals surface area contributed by atoms with Crippen LogP contribution < -0.4 is 0 Å². The van der Waals surface area contributed by atoms with E-state index in [1.165, 1.54) is 0 Å². The van der Waals surface area contributed by atoms with Gasteiger partial charge in [-0.3, -0.25) is 19.3 Å². The Balaban J connectivity index is 2.37. The standard InChI is InChI=1S/C13H10ClNO4/c1-7-4-8(14)2-3-9(7)10-5-11(16)15(13(10)19)6-12(17)18/h2-5H,6H2,1H3,(H,17,18). The lowest BCUT2D eigenvalue weighted by molar-refractivity contribution is -0.147. The van der Waals surface area contributed by atoms with Crippen molar-refractivity contribution in [3.8, 4) is 0 Å². The minimum Gasteiger partial charge on any atom is -0.480 e. The summed E-state index contributed by atoms with van der Waals surface area (Å²) in [7, 11) is 0. The molecule has 1 heterocycles. The number of carbonyl (C=O) groups excluding carboxylic acids is 2. The van der Waals surface area contributed by atoms with Gasteiger partial charge in [-0.25, -0.2) is 0 Å². The van der Waals surface area contributed by atoms with Gasteiger partial charge in [0.05, 0.1) is 5.57 Å². The van der Waals surface area contributed by atoms with Crippen LogP contribution in [-0.4, -0.2) is 34.3 Å². The molecule has 0 radical (unpaired) electrons. The summed E-state index contributed by atoms with van der Waals surface area (Å²) in [5, 5.41) is 9.20. The molecule has 0 saturated carbocycles. The number of hydrogen-bond acceptors (Lipinski definition) is 3. The van der Waals surface area contributed by atoms with Crippen molar-refractivity contribution >= 4 is 35.0 Å². The first kappa shape index (κ1) is 13.3. The fourth-order valence-corrected chi connectivity index (χ4v) is 2.14. The zero-order valence-electron chi connectivity index (χ0n) is 10.0. The molecule has 2 amide bonds. The van der Waals surface area contributed by atoms with E-state index < -0.39 is 24.3 Å². The third-order valence-corrected chi connectivity index (χ3v) is 3.02. The van der Waals surface area contributed by atoms with E-state index in [-0.39, 0.29) is 5.57 Å². The second-order valence-corrected chi connectivity index (χ2v) is 4.58. The molecule has 2 rings (SSSR count). The van der Waals surface area contributed by atoms with Crippen LogP contribution in [0.4, 0.5) is 0 Å². The summed E-state index contributed by atoms with van der Waals surface area (Å²) in [6.07, 6.45) is 1.15. The minimum atomic E-state index is -1.23. The maximum absolute atomic E-state index is 12.0. The van der Waals surface area contributed by atoms with Crippen molar-refractivity contribution in [1.29, 1.82) is 0 Å². The van der Waals surface area contributed by atoms with Gasteiger partial charge in [0, 0.05) is 11.1 Å². The molecule has 1 aliphatic heterocycles. The lowest BCUT2D eigenvalue weighted by Gasteiger charge is -2.12. The Bertz CT molecular complexity index is 621. The van der Waals surface area contributed by atoms with Crippen LogP contribution in [0.5, 0.6) is 0 Å². The zero-order chi connectivity index (χ0) is 14.2. The van der Waals surface area contributed by atoms with Gasteiger partial charge >= 0.3 is 5.97 Å². The molecule has 0 saturated heterocycles. The molecule has 1 aliphatic rings. The summed E-state index contributed by atoms with van der Waals surface area (Å²) in [5.41, 5.74) is 1.52. The van der Waals surface area contributed by atoms with Crippen molar-refractivity contribution < 1.29 is 19.5 Å². The molecule has 0 bridgehead atoms. The summed E-state index contributed by atoms with van der Waals surface area (Å²) in [6, 6.07) is 4.93. The molecule has 5 nitrogen and oxygen atoms in total. The highest BCUT2D eigenvalue weighted by Crippen LogP contribution is 2.27. The van der Waals surface area contributed by atoms with E-state index in [1.807, 2.05) is 0 Å². The fraction of sp³-hybridized carbons (Fsp3) is 0.154. The number of nitrogens with zero attached hydrogens (tertiary/aromatic N) is 1. The van der Waals surface area contributed by atoms with E-state index in [1.54, 1.807) is 25.1 Å². The van der Waals surface area contributed by atoms with Gasteiger partial charge in [-0.15, -0.1) is 0 Å². The molecule has 98 valence electrons. The maximum atomic E-state index is 12.0. The van der Waals surface area contributed by atoms with Crippen molar-refractivity contribution in [3.05, 3.63) is 40.4 Å². The van der Waals surface area contributed by atoms with E-state index in [9.17, 15) is 14.4 Å². The van der Waals surface area contributed by atoms with E-state index in [0.717, 1.165) is 11.6 Å². The van der Waals surface area contributed by atoms with Gasteiger partial charge < -0.3 is 5.11 Å². The first-order valence-electron chi connectivity index (χ1n) is 5.46. The van der Waals surface area contributed by atoms with Crippen LogP contribution >= 0.6 is 11.6 Å². The number of rotatable bonds is 3. The molecule has 0 spiro atoms. The van der Waals surface area contributed by atoms with Crippen LogP contribution in [0.15, 0.2) is 24.3 Å². The summed E-state index contributed by atoms with van der Waals surface area (Å²) in [6.45, 7) is 1.13. The highest BCUT2D eigenvalue weighted by molar-refractivity contribution is 6.34. The average Bonchev–Trinajstić information content (AvgIpc) is 2.57. The number of carboxylic acid groups (broad SMARTS) is 1. The van der Waals surface area contributed by atoms with Crippen LogP contribution in [-0.2, 0) is 14.4 Å². The van der Waals surface area contributed by atoms with Gasteiger partial charge in [-0.1, -0.05) is 17.7 Å². The second kappa shape index (κ2) is 4.85. The number of imide groups is 1. The van der Waals surface area contributed by atoms with Crippen molar-refractivity contribution in [2.75, 3.05) is 6.54 Å². The Morgan fingerprint density at radius 2 is 2.05 bits per heavy atom. The third-order valence-electron chi connectivity index (χ3n) is 2.78. The molecule has 1 aromatic rings. The minimum absolute atomic E-state index is 0.195. The van der Waals surface area contributed by atoms with Gasteiger partial charge in [0.1, 0.15) is 6.54 Å². The van der Waals surface area contributed by atoms with Gasteiger partial charge in [0.25, 0.3) is 11.8 Å². The molecule has 0 aliphatic carbocycles. The number of carboxylic acids is 1. The van der Waals surface area contributed by atoms with Crippen molar-refractivity contribution in [2.24, 2.45) is 0 Å². The Labute approximate surface area is 114 Å². The van der Waals surface area contributed by atoms with E-state index in [0.29, 0.717) is 15.5 Å². The van der Waals surface area contributed by atoms with Gasteiger partial charge in [-0.05, 0) is 30.2 Å². The highest BCUT2D eigenvalue weighted by atomic mass is 35.5. The Kier molecular flexibility index (Phi) is 3.40. The zero-order valence-corrected chi connectivity index (χ0v) is 10.8. The lowest BCUT2D eigenvalue weighted by Crippen LogP contribution is -2.35. The van der Waals surface area contributed by atoms with Crippen LogP contribution in [0, 0.1) is 6.92 Å². The fourth-order valence-electron chi connectivity index (χ4n) is 1.92. The molecular formula is C13H10ClNO4.